The average molecular weight is 260 g/mol. The minimum absolute atomic E-state index is 0.176. The van der Waals surface area contributed by atoms with Gasteiger partial charge < -0.3 is 25.2 Å². The maximum Gasteiger partial charge on any atom is 0.410 e. The summed E-state index contributed by atoms with van der Waals surface area (Å²) in [6.45, 7) is 5.61. The quantitative estimate of drug-likeness (QED) is 0.670. The van der Waals surface area contributed by atoms with Crippen molar-refractivity contribution in [3.63, 3.8) is 0 Å². The van der Waals surface area contributed by atoms with Crippen molar-refractivity contribution in [2.45, 2.75) is 32.4 Å². The van der Waals surface area contributed by atoms with E-state index in [1.807, 2.05) is 0 Å². The Kier molecular flexibility index (Phi) is 4.39. The van der Waals surface area contributed by atoms with Crippen LogP contribution in [0.15, 0.2) is 0 Å². The molecule has 0 bridgehead atoms. The summed E-state index contributed by atoms with van der Waals surface area (Å²) in [5.74, 6) is -0.298. The molecule has 1 aliphatic rings. The molecule has 1 fully saturated rings. The minimum Gasteiger partial charge on any atom is -0.465 e. The Bertz CT molecular complexity index is 326. The summed E-state index contributed by atoms with van der Waals surface area (Å²) in [4.78, 5) is 23.8. The maximum absolute atomic E-state index is 11.8. The van der Waals surface area contributed by atoms with Crippen molar-refractivity contribution >= 4 is 12.2 Å². The van der Waals surface area contributed by atoms with Crippen molar-refractivity contribution < 1.29 is 24.5 Å². The second-order valence-corrected chi connectivity index (χ2v) is 5.38. The number of amides is 2. The van der Waals surface area contributed by atoms with Crippen LogP contribution < -0.4 is 5.32 Å². The van der Waals surface area contributed by atoms with Gasteiger partial charge in [-0.2, -0.15) is 0 Å². The molecule has 1 heterocycles. The molecule has 0 aromatic rings. The van der Waals surface area contributed by atoms with E-state index in [0.29, 0.717) is 0 Å². The van der Waals surface area contributed by atoms with Crippen LogP contribution in [0, 0.1) is 5.92 Å². The van der Waals surface area contributed by atoms with Crippen LogP contribution >= 0.6 is 0 Å². The van der Waals surface area contributed by atoms with Crippen molar-refractivity contribution in [2.75, 3.05) is 19.7 Å². The lowest BCUT2D eigenvalue weighted by Gasteiger charge is -2.24. The molecule has 7 nitrogen and oxygen atoms in total. The molecule has 0 radical (unpaired) electrons. The number of rotatable bonds is 2. The summed E-state index contributed by atoms with van der Waals surface area (Å²) in [5, 5.41) is 20.1. The van der Waals surface area contributed by atoms with Gasteiger partial charge in [-0.15, -0.1) is 0 Å². The molecule has 2 atom stereocenters. The van der Waals surface area contributed by atoms with E-state index >= 15 is 0 Å². The van der Waals surface area contributed by atoms with Gasteiger partial charge in [-0.25, -0.2) is 9.59 Å². The van der Waals surface area contributed by atoms with E-state index in [1.54, 1.807) is 20.8 Å². The molecular formula is C11H20N2O5. The maximum atomic E-state index is 11.8. The highest BCUT2D eigenvalue weighted by atomic mass is 16.6. The number of hydrogen-bond acceptors (Lipinski definition) is 4. The first-order valence-electron chi connectivity index (χ1n) is 5.81. The van der Waals surface area contributed by atoms with Crippen LogP contribution in [0.3, 0.4) is 0 Å². The van der Waals surface area contributed by atoms with Crippen LogP contribution in [0.25, 0.3) is 0 Å². The first-order chi connectivity index (χ1) is 8.23. The Morgan fingerprint density at radius 3 is 2.44 bits per heavy atom. The molecule has 0 unspecified atom stereocenters. The molecule has 104 valence electrons. The van der Waals surface area contributed by atoms with Gasteiger partial charge in [0.2, 0.25) is 0 Å². The summed E-state index contributed by atoms with van der Waals surface area (Å²) < 4.78 is 5.20. The Balaban J connectivity index is 2.60. The van der Waals surface area contributed by atoms with Crippen molar-refractivity contribution in [3.8, 4) is 0 Å². The predicted molar refractivity (Wildman–Crippen MR) is 63.3 cm³/mol. The number of aliphatic hydroxyl groups excluding tert-OH is 1. The lowest BCUT2D eigenvalue weighted by Crippen LogP contribution is -2.41. The van der Waals surface area contributed by atoms with Gasteiger partial charge in [0, 0.05) is 25.6 Å². The fourth-order valence-corrected chi connectivity index (χ4v) is 1.85. The van der Waals surface area contributed by atoms with Gasteiger partial charge in [0.15, 0.2) is 0 Å². The largest absolute Gasteiger partial charge is 0.465 e. The van der Waals surface area contributed by atoms with Gasteiger partial charge in [0.1, 0.15) is 5.60 Å². The van der Waals surface area contributed by atoms with E-state index < -0.39 is 23.8 Å². The summed E-state index contributed by atoms with van der Waals surface area (Å²) in [7, 11) is 0. The molecule has 0 aromatic carbocycles. The van der Waals surface area contributed by atoms with Gasteiger partial charge in [-0.3, -0.25) is 0 Å². The van der Waals surface area contributed by atoms with Crippen LogP contribution in [0.5, 0.6) is 0 Å². The minimum atomic E-state index is -1.16. The van der Waals surface area contributed by atoms with Gasteiger partial charge in [0.25, 0.3) is 0 Å². The van der Waals surface area contributed by atoms with Crippen molar-refractivity contribution in [3.05, 3.63) is 0 Å². The smallest absolute Gasteiger partial charge is 0.410 e. The van der Waals surface area contributed by atoms with E-state index in [-0.39, 0.29) is 25.6 Å². The summed E-state index contributed by atoms with van der Waals surface area (Å²) in [6, 6.07) is -0.458. The van der Waals surface area contributed by atoms with Crippen LogP contribution in [-0.2, 0) is 4.74 Å². The highest BCUT2D eigenvalue weighted by Crippen LogP contribution is 2.19. The van der Waals surface area contributed by atoms with E-state index in [1.165, 1.54) is 4.90 Å². The fraction of sp³-hybridized carbons (Fsp3) is 0.818. The predicted octanol–water partition coefficient (Wildman–Crippen LogP) is 0.482. The van der Waals surface area contributed by atoms with Crippen molar-refractivity contribution in [1.29, 1.82) is 0 Å². The lowest BCUT2D eigenvalue weighted by molar-refractivity contribution is 0.0282. The highest BCUT2D eigenvalue weighted by molar-refractivity contribution is 5.69. The van der Waals surface area contributed by atoms with Crippen LogP contribution in [-0.4, -0.2) is 58.6 Å². The summed E-state index contributed by atoms with van der Waals surface area (Å²) >= 11 is 0. The zero-order chi connectivity index (χ0) is 13.9. The molecule has 1 rings (SSSR count). The SMILES string of the molecule is CC(C)(C)OC(=O)N1C[C@@H](CO)[C@H](NC(=O)O)C1. The Hall–Kier alpha value is -1.50. The molecular weight excluding hydrogens is 240 g/mol. The van der Waals surface area contributed by atoms with Gasteiger partial charge in [-0.05, 0) is 20.8 Å². The third-order valence-electron chi connectivity index (χ3n) is 2.64. The number of aliphatic hydroxyl groups is 1. The van der Waals surface area contributed by atoms with E-state index in [0.717, 1.165) is 0 Å². The third kappa shape index (κ3) is 4.06. The summed E-state index contributed by atoms with van der Waals surface area (Å²) in [5.41, 5.74) is -0.593. The van der Waals surface area contributed by atoms with E-state index in [4.69, 9.17) is 14.9 Å². The van der Waals surface area contributed by atoms with Crippen LogP contribution in [0.4, 0.5) is 9.59 Å². The zero-order valence-electron chi connectivity index (χ0n) is 10.8. The van der Waals surface area contributed by atoms with Crippen molar-refractivity contribution in [1.82, 2.24) is 10.2 Å². The molecule has 0 saturated carbocycles. The molecule has 2 amide bonds. The van der Waals surface area contributed by atoms with Gasteiger partial charge in [-0.1, -0.05) is 0 Å². The average Bonchev–Trinajstić information content (AvgIpc) is 2.57. The van der Waals surface area contributed by atoms with Gasteiger partial charge in [0.05, 0.1) is 6.04 Å². The molecule has 0 spiro atoms. The zero-order valence-corrected chi connectivity index (χ0v) is 10.8. The lowest BCUT2D eigenvalue weighted by atomic mass is 10.1. The standard InChI is InChI=1S/C11H20N2O5/c1-11(2,3)18-10(17)13-4-7(6-14)8(5-13)12-9(15)16/h7-8,12,14H,4-6H2,1-3H3,(H,15,16)/t7-,8+/m0/s1. The molecule has 7 heteroatoms. The number of ether oxygens (including phenoxy) is 1. The molecule has 0 aromatic heterocycles. The number of nitrogens with one attached hydrogen (secondary N) is 1. The fourth-order valence-electron chi connectivity index (χ4n) is 1.85. The molecule has 1 aliphatic heterocycles. The monoisotopic (exact) mass is 260 g/mol. The number of hydrogen-bond donors (Lipinski definition) is 3. The van der Waals surface area contributed by atoms with E-state index in [2.05, 4.69) is 5.32 Å². The molecule has 0 aliphatic carbocycles. The van der Waals surface area contributed by atoms with Gasteiger partial charge >= 0.3 is 12.2 Å². The number of carbonyl (C=O) groups excluding carboxylic acids is 1. The number of nitrogens with zero attached hydrogens (tertiary/aromatic N) is 1. The Morgan fingerprint density at radius 2 is 2.00 bits per heavy atom. The second kappa shape index (κ2) is 5.43. The number of carboxylic acid groups (broad SMARTS) is 1. The van der Waals surface area contributed by atoms with Crippen molar-refractivity contribution in [2.24, 2.45) is 5.92 Å². The summed E-state index contributed by atoms with van der Waals surface area (Å²) in [6.07, 6.45) is -1.65. The third-order valence-corrected chi connectivity index (χ3v) is 2.64. The molecule has 1 saturated heterocycles. The van der Waals surface area contributed by atoms with Crippen LogP contribution in [0.2, 0.25) is 0 Å². The Labute approximate surface area is 106 Å². The highest BCUT2D eigenvalue weighted by Gasteiger charge is 2.37. The second-order valence-electron chi connectivity index (χ2n) is 5.38. The molecule has 18 heavy (non-hydrogen) atoms. The van der Waals surface area contributed by atoms with E-state index in [9.17, 15) is 9.59 Å². The number of likely N-dealkylation sites (tertiary alicyclic amines) is 1. The first kappa shape index (κ1) is 14.6. The topological polar surface area (TPSA) is 99.1 Å². The first-order valence-corrected chi connectivity index (χ1v) is 5.81. The normalized spacial score (nSPS) is 23.9. The molecule has 3 N–H and O–H groups in total. The Morgan fingerprint density at radius 1 is 1.39 bits per heavy atom. The number of carbonyl (C=O) groups is 2. The van der Waals surface area contributed by atoms with Crippen LogP contribution in [0.1, 0.15) is 20.8 Å².